The van der Waals surface area contributed by atoms with E-state index in [2.05, 4.69) is 10.2 Å². The van der Waals surface area contributed by atoms with Gasteiger partial charge in [-0.1, -0.05) is 0 Å². The van der Waals surface area contributed by atoms with Gasteiger partial charge in [-0.3, -0.25) is 4.90 Å². The van der Waals surface area contributed by atoms with Gasteiger partial charge in [0.15, 0.2) is 0 Å². The monoisotopic (exact) mass is 254 g/mol. The summed E-state index contributed by atoms with van der Waals surface area (Å²) >= 11 is 0. The van der Waals surface area contributed by atoms with Gasteiger partial charge in [-0.05, 0) is 38.0 Å². The molecule has 104 valence electrons. The summed E-state index contributed by atoms with van der Waals surface area (Å²) in [6.07, 6.45) is 6.65. The first-order valence-corrected chi connectivity index (χ1v) is 7.39. The summed E-state index contributed by atoms with van der Waals surface area (Å²) in [6, 6.07) is 0.665. The Kier molecular flexibility index (Phi) is 3.63. The van der Waals surface area contributed by atoms with E-state index in [0.717, 1.165) is 26.1 Å². The third-order valence-electron chi connectivity index (χ3n) is 4.78. The lowest BCUT2D eigenvalue weighted by molar-refractivity contribution is 0.0782. The Morgan fingerprint density at radius 1 is 1.28 bits per heavy atom. The van der Waals surface area contributed by atoms with Gasteiger partial charge in [-0.25, -0.2) is 0 Å². The van der Waals surface area contributed by atoms with Crippen LogP contribution in [0, 0.1) is 5.92 Å². The summed E-state index contributed by atoms with van der Waals surface area (Å²) in [7, 11) is 1.80. The second-order valence-electron chi connectivity index (χ2n) is 6.39. The molecule has 1 heterocycles. The van der Waals surface area contributed by atoms with Crippen LogP contribution in [0.5, 0.6) is 0 Å². The number of nitrogens with zero attached hydrogens (tertiary/aromatic N) is 1. The molecule has 1 saturated heterocycles. The number of rotatable bonds is 7. The summed E-state index contributed by atoms with van der Waals surface area (Å²) in [5, 5.41) is 13.7. The van der Waals surface area contributed by atoms with Crippen molar-refractivity contribution < 1.29 is 9.84 Å². The molecule has 3 fully saturated rings. The predicted octanol–water partition coefficient (Wildman–Crippen LogP) is 0.600. The largest absolute Gasteiger partial charge is 0.394 e. The Morgan fingerprint density at radius 3 is 2.56 bits per heavy atom. The molecule has 0 spiro atoms. The van der Waals surface area contributed by atoms with Gasteiger partial charge in [0.2, 0.25) is 0 Å². The van der Waals surface area contributed by atoms with Gasteiger partial charge in [0.1, 0.15) is 0 Å². The molecule has 0 amide bonds. The van der Waals surface area contributed by atoms with Crippen molar-refractivity contribution in [2.45, 2.75) is 49.8 Å². The Hall–Kier alpha value is -0.160. The van der Waals surface area contributed by atoms with Crippen LogP contribution in [-0.2, 0) is 4.74 Å². The van der Waals surface area contributed by atoms with E-state index >= 15 is 0 Å². The lowest BCUT2D eigenvalue weighted by Crippen LogP contribution is -2.58. The fraction of sp³-hybridized carbons (Fsp3) is 1.00. The molecule has 0 aromatic carbocycles. The lowest BCUT2D eigenvalue weighted by Gasteiger charge is -2.37. The molecular weight excluding hydrogens is 228 g/mol. The molecule has 2 aliphatic carbocycles. The SMILES string of the molecule is COC1CCN(CC(CO)(NC2CC2)C2CC2)C1. The van der Waals surface area contributed by atoms with Gasteiger partial charge in [-0.15, -0.1) is 0 Å². The highest BCUT2D eigenvalue weighted by atomic mass is 16.5. The van der Waals surface area contributed by atoms with E-state index in [4.69, 9.17) is 4.74 Å². The van der Waals surface area contributed by atoms with Crippen LogP contribution in [0.4, 0.5) is 0 Å². The van der Waals surface area contributed by atoms with Gasteiger partial charge in [-0.2, -0.15) is 0 Å². The third-order valence-corrected chi connectivity index (χ3v) is 4.78. The molecule has 1 aliphatic heterocycles. The maximum absolute atomic E-state index is 9.93. The maximum atomic E-state index is 9.93. The van der Waals surface area contributed by atoms with Crippen molar-refractivity contribution in [3.63, 3.8) is 0 Å². The number of ether oxygens (including phenoxy) is 1. The van der Waals surface area contributed by atoms with E-state index < -0.39 is 0 Å². The number of nitrogens with one attached hydrogen (secondary N) is 1. The van der Waals surface area contributed by atoms with E-state index in [1.54, 1.807) is 7.11 Å². The van der Waals surface area contributed by atoms with E-state index in [0.29, 0.717) is 18.1 Å². The molecule has 18 heavy (non-hydrogen) atoms. The highest BCUT2D eigenvalue weighted by Crippen LogP contribution is 2.42. The first-order chi connectivity index (χ1) is 8.75. The molecule has 3 rings (SSSR count). The molecule has 2 saturated carbocycles. The molecule has 0 bridgehead atoms. The Balaban J connectivity index is 1.61. The summed E-state index contributed by atoms with van der Waals surface area (Å²) in [4.78, 5) is 2.47. The van der Waals surface area contributed by atoms with E-state index in [9.17, 15) is 5.11 Å². The van der Waals surface area contributed by atoms with Crippen LogP contribution in [-0.4, -0.2) is 61.0 Å². The molecule has 0 aromatic rings. The normalized spacial score (nSPS) is 32.7. The van der Waals surface area contributed by atoms with Crippen LogP contribution >= 0.6 is 0 Å². The van der Waals surface area contributed by atoms with Crippen LogP contribution < -0.4 is 5.32 Å². The number of hydrogen-bond donors (Lipinski definition) is 2. The zero-order chi connectivity index (χ0) is 12.6. The standard InChI is InChI=1S/C14H26N2O2/c1-18-13-6-7-16(8-13)9-14(10-17,11-2-3-11)15-12-4-5-12/h11-13,15,17H,2-10H2,1H3. The Labute approximate surface area is 110 Å². The zero-order valence-corrected chi connectivity index (χ0v) is 11.4. The topological polar surface area (TPSA) is 44.7 Å². The Morgan fingerprint density at radius 2 is 2.06 bits per heavy atom. The van der Waals surface area contributed by atoms with Gasteiger partial charge in [0.05, 0.1) is 18.2 Å². The number of likely N-dealkylation sites (tertiary alicyclic amines) is 1. The van der Waals surface area contributed by atoms with E-state index in [1.807, 2.05) is 0 Å². The molecule has 3 aliphatic rings. The smallest absolute Gasteiger partial charge is 0.0710 e. The molecule has 4 nitrogen and oxygen atoms in total. The average molecular weight is 254 g/mol. The number of methoxy groups -OCH3 is 1. The first-order valence-electron chi connectivity index (χ1n) is 7.39. The van der Waals surface area contributed by atoms with Crippen molar-refractivity contribution in [1.82, 2.24) is 10.2 Å². The van der Waals surface area contributed by atoms with Crippen molar-refractivity contribution in [3.05, 3.63) is 0 Å². The second-order valence-corrected chi connectivity index (χ2v) is 6.39. The van der Waals surface area contributed by atoms with Gasteiger partial charge in [0.25, 0.3) is 0 Å². The zero-order valence-electron chi connectivity index (χ0n) is 11.4. The molecule has 0 radical (unpaired) electrons. The highest BCUT2D eigenvalue weighted by molar-refractivity contribution is 5.06. The van der Waals surface area contributed by atoms with Gasteiger partial charge in [0, 0.05) is 32.8 Å². The minimum atomic E-state index is -0.0379. The third kappa shape index (κ3) is 2.72. The fourth-order valence-electron chi connectivity index (χ4n) is 3.32. The molecular formula is C14H26N2O2. The summed E-state index contributed by atoms with van der Waals surface area (Å²) in [5.74, 6) is 0.685. The maximum Gasteiger partial charge on any atom is 0.0710 e. The van der Waals surface area contributed by atoms with Crippen molar-refractivity contribution in [1.29, 1.82) is 0 Å². The van der Waals surface area contributed by atoms with Crippen molar-refractivity contribution in [3.8, 4) is 0 Å². The highest BCUT2D eigenvalue weighted by Gasteiger charge is 2.48. The van der Waals surface area contributed by atoms with Crippen molar-refractivity contribution >= 4 is 0 Å². The predicted molar refractivity (Wildman–Crippen MR) is 70.6 cm³/mol. The molecule has 0 aromatic heterocycles. The first kappa shape index (κ1) is 12.9. The molecule has 2 atom stereocenters. The number of aliphatic hydroxyl groups excluding tert-OH is 1. The minimum absolute atomic E-state index is 0.0379. The van der Waals surface area contributed by atoms with Gasteiger partial charge < -0.3 is 15.2 Å². The fourth-order valence-corrected chi connectivity index (χ4v) is 3.32. The molecule has 4 heteroatoms. The number of hydrogen-bond acceptors (Lipinski definition) is 4. The van der Waals surface area contributed by atoms with E-state index in [1.165, 1.54) is 25.7 Å². The molecule has 2 N–H and O–H groups in total. The summed E-state index contributed by atoms with van der Waals surface area (Å²) in [6.45, 7) is 3.41. The quantitative estimate of drug-likeness (QED) is 0.698. The Bertz CT molecular complexity index is 292. The number of aliphatic hydroxyl groups is 1. The van der Waals surface area contributed by atoms with Crippen LogP contribution in [0.1, 0.15) is 32.1 Å². The summed E-state index contributed by atoms with van der Waals surface area (Å²) < 4.78 is 5.43. The van der Waals surface area contributed by atoms with Crippen molar-refractivity contribution in [2.24, 2.45) is 5.92 Å². The van der Waals surface area contributed by atoms with Crippen LogP contribution in [0.3, 0.4) is 0 Å². The summed E-state index contributed by atoms with van der Waals surface area (Å²) in [5.41, 5.74) is -0.0379. The van der Waals surface area contributed by atoms with Crippen LogP contribution in [0.25, 0.3) is 0 Å². The van der Waals surface area contributed by atoms with Gasteiger partial charge >= 0.3 is 0 Å². The van der Waals surface area contributed by atoms with Crippen LogP contribution in [0.2, 0.25) is 0 Å². The van der Waals surface area contributed by atoms with Crippen molar-refractivity contribution in [2.75, 3.05) is 33.4 Å². The van der Waals surface area contributed by atoms with Crippen LogP contribution in [0.15, 0.2) is 0 Å². The minimum Gasteiger partial charge on any atom is -0.394 e. The average Bonchev–Trinajstić information content (AvgIpc) is 3.28. The lowest BCUT2D eigenvalue weighted by atomic mass is 9.93. The van der Waals surface area contributed by atoms with E-state index in [-0.39, 0.29) is 12.1 Å². The molecule has 2 unspecified atom stereocenters. The second kappa shape index (κ2) is 5.08.